The molecule has 0 aliphatic carbocycles. The number of amides is 1. The molecule has 0 unspecified atom stereocenters. The molecule has 2 aromatic carbocycles. The van der Waals surface area contributed by atoms with Crippen molar-refractivity contribution in [2.24, 2.45) is 0 Å². The van der Waals surface area contributed by atoms with Crippen molar-refractivity contribution in [3.8, 4) is 10.4 Å². The second-order valence-corrected chi connectivity index (χ2v) is 10.7. The Kier molecular flexibility index (Phi) is 6.74. The number of halogens is 1. The van der Waals surface area contributed by atoms with Crippen molar-refractivity contribution in [1.29, 1.82) is 0 Å². The summed E-state index contributed by atoms with van der Waals surface area (Å²) in [6.07, 6.45) is 0. The van der Waals surface area contributed by atoms with Gasteiger partial charge in [-0.15, -0.1) is 11.3 Å². The van der Waals surface area contributed by atoms with Crippen molar-refractivity contribution in [2.75, 3.05) is 26.3 Å². The molecule has 4 rings (SSSR count). The van der Waals surface area contributed by atoms with Crippen molar-refractivity contribution in [1.82, 2.24) is 9.62 Å². The summed E-state index contributed by atoms with van der Waals surface area (Å²) in [5.41, 5.74) is 2.26. The second-order valence-electron chi connectivity index (χ2n) is 7.03. The van der Waals surface area contributed by atoms with Crippen LogP contribution in [0.2, 0.25) is 5.02 Å². The summed E-state index contributed by atoms with van der Waals surface area (Å²) in [7, 11) is -3.53. The minimum atomic E-state index is -3.53. The molecule has 1 N–H and O–H groups in total. The fraction of sp³-hybridized carbons (Fsp3) is 0.227. The number of rotatable bonds is 6. The van der Waals surface area contributed by atoms with Crippen LogP contribution >= 0.6 is 22.9 Å². The molecule has 9 heteroatoms. The Balaban J connectivity index is 1.48. The Labute approximate surface area is 190 Å². The Morgan fingerprint density at radius 1 is 1.06 bits per heavy atom. The van der Waals surface area contributed by atoms with Gasteiger partial charge in [0.05, 0.1) is 13.2 Å². The number of thiophene rings is 1. The molecule has 1 aliphatic heterocycles. The van der Waals surface area contributed by atoms with Crippen LogP contribution in [0.4, 0.5) is 0 Å². The Bertz CT molecular complexity index is 1170. The number of carbonyl (C=O) groups excluding carboxylic acids is 1. The van der Waals surface area contributed by atoms with Gasteiger partial charge in [0.1, 0.15) is 4.21 Å². The summed E-state index contributed by atoms with van der Waals surface area (Å²) < 4.78 is 32.7. The van der Waals surface area contributed by atoms with Crippen LogP contribution in [0.1, 0.15) is 15.9 Å². The fourth-order valence-corrected chi connectivity index (χ4v) is 6.22. The summed E-state index contributed by atoms with van der Waals surface area (Å²) in [6, 6.07) is 17.9. The molecule has 162 valence electrons. The number of ether oxygens (including phenoxy) is 1. The molecule has 0 spiro atoms. The molecule has 1 aromatic heterocycles. The summed E-state index contributed by atoms with van der Waals surface area (Å²) in [4.78, 5) is 13.4. The zero-order valence-electron chi connectivity index (χ0n) is 16.6. The van der Waals surface area contributed by atoms with Crippen LogP contribution in [0.3, 0.4) is 0 Å². The molecule has 0 saturated carbocycles. The molecule has 3 aromatic rings. The van der Waals surface area contributed by atoms with Crippen LogP contribution in [0.15, 0.2) is 64.9 Å². The quantitative estimate of drug-likeness (QED) is 0.583. The average Bonchev–Trinajstić information content (AvgIpc) is 3.30. The highest BCUT2D eigenvalue weighted by atomic mass is 35.5. The SMILES string of the molecule is O=C(NCc1ccc(Cl)cc1)c1cccc(-c2ccc(S(=O)(=O)N3CCOCC3)s2)c1. The van der Waals surface area contributed by atoms with E-state index in [0.717, 1.165) is 16.0 Å². The molecule has 2 heterocycles. The normalized spacial score (nSPS) is 15.0. The Hall–Kier alpha value is -2.23. The average molecular weight is 477 g/mol. The standard InChI is InChI=1S/C22H21ClN2O4S2/c23-19-6-4-16(5-7-19)15-24-22(26)18-3-1-2-17(14-18)20-8-9-21(30-20)31(27,28)25-10-12-29-13-11-25/h1-9,14H,10-13,15H2,(H,24,26). The lowest BCUT2D eigenvalue weighted by Crippen LogP contribution is -2.40. The van der Waals surface area contributed by atoms with Crippen LogP contribution in [0, 0.1) is 0 Å². The van der Waals surface area contributed by atoms with E-state index in [1.807, 2.05) is 18.2 Å². The molecule has 6 nitrogen and oxygen atoms in total. The lowest BCUT2D eigenvalue weighted by atomic mass is 10.1. The van der Waals surface area contributed by atoms with E-state index < -0.39 is 10.0 Å². The number of sulfonamides is 1. The van der Waals surface area contributed by atoms with E-state index in [1.165, 1.54) is 15.6 Å². The minimum absolute atomic E-state index is 0.200. The molecule has 31 heavy (non-hydrogen) atoms. The molecule has 0 radical (unpaired) electrons. The number of hydrogen-bond donors (Lipinski definition) is 1. The first-order chi connectivity index (χ1) is 14.9. The first-order valence-corrected chi connectivity index (χ1v) is 12.4. The van der Waals surface area contributed by atoms with E-state index in [2.05, 4.69) is 5.32 Å². The maximum atomic E-state index is 12.9. The van der Waals surface area contributed by atoms with E-state index in [1.54, 1.807) is 42.5 Å². The maximum absolute atomic E-state index is 12.9. The van der Waals surface area contributed by atoms with Gasteiger partial charge >= 0.3 is 0 Å². The Morgan fingerprint density at radius 3 is 2.55 bits per heavy atom. The lowest BCUT2D eigenvalue weighted by molar-refractivity contribution is 0.0731. The molecule has 1 amide bonds. The van der Waals surface area contributed by atoms with Gasteiger partial charge in [0, 0.05) is 35.1 Å². The van der Waals surface area contributed by atoms with Crippen LogP contribution in [-0.4, -0.2) is 44.9 Å². The first-order valence-electron chi connectivity index (χ1n) is 9.74. The third kappa shape index (κ3) is 5.16. The number of carbonyl (C=O) groups is 1. The summed E-state index contributed by atoms with van der Waals surface area (Å²) in [6.45, 7) is 1.92. The molecule has 1 fully saturated rings. The van der Waals surface area contributed by atoms with Crippen molar-refractivity contribution in [2.45, 2.75) is 10.8 Å². The van der Waals surface area contributed by atoms with E-state index in [0.29, 0.717) is 47.6 Å². The molecule has 0 bridgehead atoms. The third-order valence-electron chi connectivity index (χ3n) is 4.92. The number of nitrogens with zero attached hydrogens (tertiary/aromatic N) is 1. The van der Waals surface area contributed by atoms with Crippen molar-refractivity contribution in [3.05, 3.63) is 76.8 Å². The van der Waals surface area contributed by atoms with E-state index in [9.17, 15) is 13.2 Å². The van der Waals surface area contributed by atoms with E-state index in [4.69, 9.17) is 16.3 Å². The number of nitrogens with one attached hydrogen (secondary N) is 1. The van der Waals surface area contributed by atoms with Crippen LogP contribution in [0.25, 0.3) is 10.4 Å². The molecule has 1 aliphatic rings. The zero-order chi connectivity index (χ0) is 21.8. The van der Waals surface area contributed by atoms with Gasteiger partial charge in [-0.3, -0.25) is 4.79 Å². The topological polar surface area (TPSA) is 75.7 Å². The summed E-state index contributed by atoms with van der Waals surface area (Å²) >= 11 is 7.09. The van der Waals surface area contributed by atoms with E-state index in [-0.39, 0.29) is 5.91 Å². The molecular formula is C22H21ClN2O4S2. The predicted molar refractivity (Wildman–Crippen MR) is 122 cm³/mol. The highest BCUT2D eigenvalue weighted by Gasteiger charge is 2.27. The van der Waals surface area contributed by atoms with Crippen molar-refractivity contribution in [3.63, 3.8) is 0 Å². The number of hydrogen-bond acceptors (Lipinski definition) is 5. The van der Waals surface area contributed by atoms with Gasteiger partial charge in [-0.25, -0.2) is 8.42 Å². The van der Waals surface area contributed by atoms with Gasteiger partial charge in [-0.05, 0) is 47.5 Å². The molecule has 0 atom stereocenters. The lowest BCUT2D eigenvalue weighted by Gasteiger charge is -2.25. The van der Waals surface area contributed by atoms with E-state index >= 15 is 0 Å². The zero-order valence-corrected chi connectivity index (χ0v) is 19.0. The van der Waals surface area contributed by atoms with Gasteiger partial charge < -0.3 is 10.1 Å². The smallest absolute Gasteiger partial charge is 0.252 e. The largest absolute Gasteiger partial charge is 0.379 e. The first kappa shape index (κ1) is 22.0. The van der Waals surface area contributed by atoms with Crippen molar-refractivity contribution < 1.29 is 17.9 Å². The van der Waals surface area contributed by atoms with Crippen LogP contribution in [0.5, 0.6) is 0 Å². The summed E-state index contributed by atoms with van der Waals surface area (Å²) in [5.74, 6) is -0.200. The monoisotopic (exact) mass is 476 g/mol. The number of morpholine rings is 1. The van der Waals surface area contributed by atoms with Gasteiger partial charge in [0.15, 0.2) is 0 Å². The van der Waals surface area contributed by atoms with Crippen LogP contribution < -0.4 is 5.32 Å². The predicted octanol–water partition coefficient (Wildman–Crippen LogP) is 4.02. The third-order valence-corrected chi connectivity index (χ3v) is 8.67. The van der Waals surface area contributed by atoms with Gasteiger partial charge in [-0.2, -0.15) is 4.31 Å². The highest BCUT2D eigenvalue weighted by Crippen LogP contribution is 2.33. The fourth-order valence-electron chi connectivity index (χ4n) is 3.23. The summed E-state index contributed by atoms with van der Waals surface area (Å²) in [5, 5.41) is 3.54. The minimum Gasteiger partial charge on any atom is -0.379 e. The molecular weight excluding hydrogens is 456 g/mol. The van der Waals surface area contributed by atoms with Crippen molar-refractivity contribution >= 4 is 38.9 Å². The maximum Gasteiger partial charge on any atom is 0.252 e. The van der Waals surface area contributed by atoms with Gasteiger partial charge in [0.25, 0.3) is 15.9 Å². The molecule has 1 saturated heterocycles. The number of benzene rings is 2. The van der Waals surface area contributed by atoms with Gasteiger partial charge in [-0.1, -0.05) is 35.9 Å². The Morgan fingerprint density at radius 2 is 1.81 bits per heavy atom. The van der Waals surface area contributed by atoms with Gasteiger partial charge in [0.2, 0.25) is 0 Å². The van der Waals surface area contributed by atoms with Crippen LogP contribution in [-0.2, 0) is 21.3 Å². The highest BCUT2D eigenvalue weighted by molar-refractivity contribution is 7.91. The second kappa shape index (κ2) is 9.50.